The highest BCUT2D eigenvalue weighted by Crippen LogP contribution is 2.31. The fourth-order valence-corrected chi connectivity index (χ4v) is 4.21. The number of urea groups is 1. The van der Waals surface area contributed by atoms with Gasteiger partial charge in [0.15, 0.2) is 0 Å². The summed E-state index contributed by atoms with van der Waals surface area (Å²) in [7, 11) is -3.82. The molecule has 8 heteroatoms. The van der Waals surface area contributed by atoms with E-state index in [0.717, 1.165) is 5.56 Å². The summed E-state index contributed by atoms with van der Waals surface area (Å²) in [6.45, 7) is 1.92. The van der Waals surface area contributed by atoms with Gasteiger partial charge in [-0.05, 0) is 36.8 Å². The predicted molar refractivity (Wildman–Crippen MR) is 97.4 cm³/mol. The van der Waals surface area contributed by atoms with Gasteiger partial charge in [0.25, 0.3) is 0 Å². The zero-order valence-corrected chi connectivity index (χ0v) is 14.9. The molecule has 26 heavy (non-hydrogen) atoms. The van der Waals surface area contributed by atoms with Crippen molar-refractivity contribution in [1.82, 2.24) is 10.2 Å². The molecule has 0 fully saturated rings. The van der Waals surface area contributed by atoms with Gasteiger partial charge in [0.2, 0.25) is 9.84 Å². The Bertz CT molecular complexity index is 1030. The molecule has 0 aliphatic heterocycles. The van der Waals surface area contributed by atoms with Crippen molar-refractivity contribution in [2.45, 2.75) is 23.3 Å². The molecular weight excluding hydrogens is 352 g/mol. The first-order valence-electron chi connectivity index (χ1n) is 7.85. The van der Waals surface area contributed by atoms with Crippen molar-refractivity contribution in [2.75, 3.05) is 4.90 Å². The maximum atomic E-state index is 13.1. The van der Waals surface area contributed by atoms with Crippen LogP contribution in [0.5, 0.6) is 0 Å². The van der Waals surface area contributed by atoms with Gasteiger partial charge in [-0.2, -0.15) is 5.10 Å². The Balaban J connectivity index is 2.11. The second-order valence-electron chi connectivity index (χ2n) is 5.82. The summed E-state index contributed by atoms with van der Waals surface area (Å²) in [4.78, 5) is 13.4. The van der Waals surface area contributed by atoms with Gasteiger partial charge in [-0.1, -0.05) is 24.3 Å². The lowest BCUT2D eigenvalue weighted by atomic mass is 10.2. The van der Waals surface area contributed by atoms with Crippen molar-refractivity contribution in [3.63, 3.8) is 0 Å². The van der Waals surface area contributed by atoms with Crippen LogP contribution in [0, 0.1) is 6.92 Å². The number of aromatic nitrogens is 2. The van der Waals surface area contributed by atoms with E-state index in [-0.39, 0.29) is 22.0 Å². The summed E-state index contributed by atoms with van der Waals surface area (Å²) in [6, 6.07) is 12.2. The maximum Gasteiger partial charge on any atom is 0.319 e. The standard InChI is InChI=1S/C18H18N4O3S/c1-13-5-4-6-15(9-13)26(24,25)17-8-3-2-7-16(17)22(18(19)23)12-14-10-20-21-11-14/h2-11H,12H2,1H3,(H2,19,23)(H,20,21). The van der Waals surface area contributed by atoms with Crippen LogP contribution >= 0.6 is 0 Å². The Morgan fingerprint density at radius 1 is 1.19 bits per heavy atom. The molecule has 0 saturated heterocycles. The first-order chi connectivity index (χ1) is 12.4. The zero-order valence-electron chi connectivity index (χ0n) is 14.1. The first kappa shape index (κ1) is 17.7. The molecule has 0 aliphatic carbocycles. The minimum Gasteiger partial charge on any atom is -0.351 e. The quantitative estimate of drug-likeness (QED) is 0.719. The Morgan fingerprint density at radius 2 is 1.96 bits per heavy atom. The number of sulfone groups is 1. The molecule has 0 radical (unpaired) electrons. The normalized spacial score (nSPS) is 11.3. The Hall–Kier alpha value is -3.13. The lowest BCUT2D eigenvalue weighted by Gasteiger charge is -2.22. The summed E-state index contributed by atoms with van der Waals surface area (Å²) < 4.78 is 26.3. The number of carbonyl (C=O) groups excluding carboxylic acids is 1. The molecule has 3 N–H and O–H groups in total. The summed E-state index contributed by atoms with van der Waals surface area (Å²) >= 11 is 0. The predicted octanol–water partition coefficient (Wildman–Crippen LogP) is 2.64. The molecule has 134 valence electrons. The molecule has 0 bridgehead atoms. The lowest BCUT2D eigenvalue weighted by molar-refractivity contribution is 0.253. The number of hydrogen-bond acceptors (Lipinski definition) is 4. The molecule has 3 rings (SSSR count). The third-order valence-corrected chi connectivity index (χ3v) is 5.71. The van der Waals surface area contributed by atoms with Gasteiger partial charge in [0.05, 0.1) is 28.2 Å². The van der Waals surface area contributed by atoms with Gasteiger partial charge in [-0.15, -0.1) is 0 Å². The number of rotatable bonds is 5. The molecular formula is C18H18N4O3S. The van der Waals surface area contributed by atoms with Crippen LogP contribution in [0.1, 0.15) is 11.1 Å². The molecule has 1 aromatic heterocycles. The summed E-state index contributed by atoms with van der Waals surface area (Å²) in [5.41, 5.74) is 7.27. The molecule has 1 heterocycles. The van der Waals surface area contributed by atoms with E-state index in [4.69, 9.17) is 5.73 Å². The number of benzene rings is 2. The second kappa shape index (κ2) is 7.01. The van der Waals surface area contributed by atoms with Gasteiger partial charge in [0, 0.05) is 11.8 Å². The van der Waals surface area contributed by atoms with Crippen LogP contribution in [0.2, 0.25) is 0 Å². The number of nitrogens with one attached hydrogen (secondary N) is 1. The molecule has 0 atom stereocenters. The highest BCUT2D eigenvalue weighted by atomic mass is 32.2. The number of aromatic amines is 1. The number of nitrogens with zero attached hydrogens (tertiary/aromatic N) is 2. The van der Waals surface area contributed by atoms with E-state index in [0.29, 0.717) is 5.56 Å². The molecule has 0 saturated carbocycles. The SMILES string of the molecule is Cc1cccc(S(=O)(=O)c2ccccc2N(Cc2cn[nH]c2)C(N)=O)c1. The van der Waals surface area contributed by atoms with E-state index in [1.165, 1.54) is 17.0 Å². The topological polar surface area (TPSA) is 109 Å². The van der Waals surface area contributed by atoms with E-state index >= 15 is 0 Å². The van der Waals surface area contributed by atoms with Gasteiger partial charge in [-0.3, -0.25) is 10.00 Å². The van der Waals surface area contributed by atoms with Crippen molar-refractivity contribution >= 4 is 21.6 Å². The number of H-pyrrole nitrogens is 1. The Morgan fingerprint density at radius 3 is 2.62 bits per heavy atom. The van der Waals surface area contributed by atoms with Crippen LogP contribution in [-0.4, -0.2) is 24.6 Å². The van der Waals surface area contributed by atoms with Gasteiger partial charge >= 0.3 is 6.03 Å². The van der Waals surface area contributed by atoms with Crippen LogP contribution in [0.15, 0.2) is 70.7 Å². The van der Waals surface area contributed by atoms with Gasteiger partial charge in [-0.25, -0.2) is 13.2 Å². The van der Waals surface area contributed by atoms with Crippen LogP contribution in [0.3, 0.4) is 0 Å². The van der Waals surface area contributed by atoms with E-state index in [2.05, 4.69) is 10.2 Å². The third-order valence-electron chi connectivity index (χ3n) is 3.91. The molecule has 3 aromatic rings. The van der Waals surface area contributed by atoms with E-state index in [1.807, 2.05) is 13.0 Å². The largest absolute Gasteiger partial charge is 0.351 e. The van der Waals surface area contributed by atoms with Crippen LogP contribution in [-0.2, 0) is 16.4 Å². The third kappa shape index (κ3) is 3.45. The maximum absolute atomic E-state index is 13.1. The van der Waals surface area contributed by atoms with E-state index in [9.17, 15) is 13.2 Å². The number of anilines is 1. The minimum absolute atomic E-state index is 0.0212. The summed E-state index contributed by atoms with van der Waals surface area (Å²) in [6.07, 6.45) is 3.17. The van der Waals surface area contributed by atoms with Crippen molar-refractivity contribution < 1.29 is 13.2 Å². The van der Waals surface area contributed by atoms with E-state index in [1.54, 1.807) is 42.7 Å². The van der Waals surface area contributed by atoms with Gasteiger partial charge in [0.1, 0.15) is 0 Å². The van der Waals surface area contributed by atoms with E-state index < -0.39 is 15.9 Å². The average molecular weight is 370 g/mol. The monoisotopic (exact) mass is 370 g/mol. The highest BCUT2D eigenvalue weighted by Gasteiger charge is 2.26. The smallest absolute Gasteiger partial charge is 0.319 e. The number of amides is 2. The number of carbonyl (C=O) groups is 1. The molecule has 0 spiro atoms. The van der Waals surface area contributed by atoms with Crippen molar-refractivity contribution in [3.8, 4) is 0 Å². The highest BCUT2D eigenvalue weighted by molar-refractivity contribution is 7.91. The Labute approximate surface area is 151 Å². The van der Waals surface area contributed by atoms with Gasteiger partial charge < -0.3 is 5.73 Å². The molecule has 7 nitrogen and oxygen atoms in total. The number of nitrogens with two attached hydrogens (primary N) is 1. The number of hydrogen-bond donors (Lipinski definition) is 2. The van der Waals surface area contributed by atoms with Crippen molar-refractivity contribution in [3.05, 3.63) is 72.1 Å². The van der Waals surface area contributed by atoms with Crippen molar-refractivity contribution in [1.29, 1.82) is 0 Å². The van der Waals surface area contributed by atoms with Crippen LogP contribution < -0.4 is 10.6 Å². The minimum atomic E-state index is -3.82. The van der Waals surface area contributed by atoms with Crippen molar-refractivity contribution in [2.24, 2.45) is 5.73 Å². The fourth-order valence-electron chi connectivity index (χ4n) is 2.65. The first-order valence-corrected chi connectivity index (χ1v) is 9.33. The zero-order chi connectivity index (χ0) is 18.7. The fraction of sp³-hybridized carbons (Fsp3) is 0.111. The molecule has 2 amide bonds. The van der Waals surface area contributed by atoms with Crippen LogP contribution in [0.25, 0.3) is 0 Å². The lowest BCUT2D eigenvalue weighted by Crippen LogP contribution is -2.36. The number of para-hydroxylation sites is 1. The van der Waals surface area contributed by atoms with Crippen LogP contribution in [0.4, 0.5) is 10.5 Å². The summed E-state index contributed by atoms with van der Waals surface area (Å²) in [5.74, 6) is 0. The summed E-state index contributed by atoms with van der Waals surface area (Å²) in [5, 5.41) is 6.49. The molecule has 0 unspecified atom stereocenters. The Kier molecular flexibility index (Phi) is 4.77. The molecule has 2 aromatic carbocycles. The average Bonchev–Trinajstić information content (AvgIpc) is 3.13. The number of primary amides is 1. The molecule has 0 aliphatic rings. The second-order valence-corrected chi connectivity index (χ2v) is 7.74. The number of aryl methyl sites for hydroxylation is 1.